The van der Waals surface area contributed by atoms with Gasteiger partial charge in [-0.15, -0.1) is 0 Å². The second kappa shape index (κ2) is 9.54. The Morgan fingerprint density at radius 3 is 2.18 bits per heavy atom. The molecule has 8 heteroatoms. The fourth-order valence-electron chi connectivity index (χ4n) is 2.30. The van der Waals surface area contributed by atoms with Gasteiger partial charge in [0, 0.05) is 39.4 Å². The second-order valence-electron chi connectivity index (χ2n) is 5.67. The number of thiocarbonyl (C=S) groups is 1. The first-order valence-corrected chi connectivity index (χ1v) is 9.93. The molecule has 28 heavy (non-hydrogen) atoms. The highest BCUT2D eigenvalue weighted by Gasteiger charge is 2.07. The summed E-state index contributed by atoms with van der Waals surface area (Å²) in [5, 5.41) is 9.99. The molecule has 0 spiro atoms. The van der Waals surface area contributed by atoms with E-state index in [4.69, 9.17) is 23.8 Å². The van der Waals surface area contributed by atoms with Gasteiger partial charge >= 0.3 is 0 Å². The van der Waals surface area contributed by atoms with Crippen LogP contribution in [0.1, 0.15) is 10.5 Å². The Morgan fingerprint density at radius 2 is 1.57 bits per heavy atom. The van der Waals surface area contributed by atoms with Crippen molar-refractivity contribution in [2.24, 2.45) is 0 Å². The number of benzene rings is 2. The number of hydrogen-bond donors (Lipinski definition) is 3. The largest absolute Gasteiger partial charge is 0.354 e. The molecule has 142 valence electrons. The first-order valence-electron chi connectivity index (χ1n) is 8.33. The Balaban J connectivity index is 1.59. The number of nitrogens with one attached hydrogen (secondary N) is 3. The molecule has 3 N–H and O–H groups in total. The third-order valence-electron chi connectivity index (χ3n) is 3.64. The van der Waals surface area contributed by atoms with Gasteiger partial charge in [0.2, 0.25) is 0 Å². The lowest BCUT2D eigenvalue weighted by Crippen LogP contribution is -2.19. The summed E-state index contributed by atoms with van der Waals surface area (Å²) in [4.78, 5) is 17.7. The molecular weight excluding hydrogens is 412 g/mol. The van der Waals surface area contributed by atoms with E-state index in [0.717, 1.165) is 21.2 Å². The van der Waals surface area contributed by atoms with E-state index in [1.807, 2.05) is 42.5 Å². The zero-order valence-corrected chi connectivity index (χ0v) is 17.3. The first kappa shape index (κ1) is 20.1. The number of halogens is 1. The van der Waals surface area contributed by atoms with Gasteiger partial charge in [-0.05, 0) is 72.9 Å². The van der Waals surface area contributed by atoms with Crippen LogP contribution < -0.4 is 16.0 Å². The quantitative estimate of drug-likeness (QED) is 0.494. The minimum atomic E-state index is -0.205. The van der Waals surface area contributed by atoms with Crippen molar-refractivity contribution in [1.82, 2.24) is 10.3 Å². The van der Waals surface area contributed by atoms with Gasteiger partial charge in [0.1, 0.15) is 5.69 Å². The van der Waals surface area contributed by atoms with Crippen LogP contribution in [0.3, 0.4) is 0 Å². The van der Waals surface area contributed by atoms with E-state index < -0.39 is 0 Å². The van der Waals surface area contributed by atoms with Crippen molar-refractivity contribution in [2.75, 3.05) is 17.7 Å². The summed E-state index contributed by atoms with van der Waals surface area (Å²) >= 11 is 12.8. The van der Waals surface area contributed by atoms with Crippen molar-refractivity contribution in [3.8, 4) is 0 Å². The summed E-state index contributed by atoms with van der Waals surface area (Å²) in [6.07, 6.45) is 1.63. The number of hydrogen-bond acceptors (Lipinski definition) is 4. The maximum atomic E-state index is 11.7. The van der Waals surface area contributed by atoms with E-state index in [1.165, 1.54) is 0 Å². The highest BCUT2D eigenvalue weighted by atomic mass is 35.5. The van der Waals surface area contributed by atoms with Gasteiger partial charge in [-0.1, -0.05) is 23.4 Å². The smallest absolute Gasteiger partial charge is 0.269 e. The molecule has 0 radical (unpaired) electrons. The lowest BCUT2D eigenvalue weighted by molar-refractivity contribution is 0.0958. The Kier molecular flexibility index (Phi) is 6.86. The summed E-state index contributed by atoms with van der Waals surface area (Å²) in [6, 6.07) is 18.8. The van der Waals surface area contributed by atoms with Crippen LogP contribution >= 0.6 is 35.6 Å². The minimum Gasteiger partial charge on any atom is -0.354 e. The summed E-state index contributed by atoms with van der Waals surface area (Å²) < 4.78 is 0. The van der Waals surface area contributed by atoms with Crippen molar-refractivity contribution < 1.29 is 4.79 Å². The fourth-order valence-corrected chi connectivity index (χ4v) is 3.50. The van der Waals surface area contributed by atoms with Gasteiger partial charge in [0.25, 0.3) is 5.91 Å². The number of anilines is 2. The molecule has 3 aromatic rings. The molecule has 5 nitrogen and oxygen atoms in total. The van der Waals surface area contributed by atoms with Crippen LogP contribution in [-0.2, 0) is 0 Å². The van der Waals surface area contributed by atoms with Crippen LogP contribution in [0.2, 0.25) is 5.02 Å². The lowest BCUT2D eigenvalue weighted by Gasteiger charge is -2.11. The van der Waals surface area contributed by atoms with Crippen molar-refractivity contribution in [3.05, 3.63) is 77.6 Å². The fraction of sp³-hybridized carbons (Fsp3) is 0.0500. The first-order chi connectivity index (χ1) is 13.5. The van der Waals surface area contributed by atoms with Gasteiger partial charge in [0.15, 0.2) is 5.11 Å². The second-order valence-corrected chi connectivity index (χ2v) is 7.66. The predicted octanol–water partition coefficient (Wildman–Crippen LogP) is 5.05. The number of nitrogens with zero attached hydrogens (tertiary/aromatic N) is 1. The number of rotatable bonds is 5. The molecule has 1 aromatic heterocycles. The van der Waals surface area contributed by atoms with Crippen LogP contribution in [0.25, 0.3) is 0 Å². The zero-order valence-electron chi connectivity index (χ0n) is 14.9. The van der Waals surface area contributed by atoms with Crippen LogP contribution in [0.15, 0.2) is 76.7 Å². The molecule has 3 rings (SSSR count). The van der Waals surface area contributed by atoms with Crippen molar-refractivity contribution in [3.63, 3.8) is 0 Å². The topological polar surface area (TPSA) is 66.1 Å². The van der Waals surface area contributed by atoms with Crippen LogP contribution in [0.5, 0.6) is 0 Å². The molecule has 0 bridgehead atoms. The third kappa shape index (κ3) is 5.69. The summed E-state index contributed by atoms with van der Waals surface area (Å²) in [5.41, 5.74) is 2.12. The summed E-state index contributed by atoms with van der Waals surface area (Å²) in [6.45, 7) is 0. The van der Waals surface area contributed by atoms with E-state index in [2.05, 4.69) is 20.9 Å². The monoisotopic (exact) mass is 428 g/mol. The van der Waals surface area contributed by atoms with Crippen molar-refractivity contribution >= 4 is 58.0 Å². The Morgan fingerprint density at radius 1 is 0.964 bits per heavy atom. The molecule has 0 fully saturated rings. The molecule has 0 aliphatic carbocycles. The van der Waals surface area contributed by atoms with E-state index in [1.54, 1.807) is 43.2 Å². The highest BCUT2D eigenvalue weighted by molar-refractivity contribution is 7.99. The number of amides is 1. The normalized spacial score (nSPS) is 10.2. The average molecular weight is 429 g/mol. The van der Waals surface area contributed by atoms with Gasteiger partial charge in [0.05, 0.1) is 0 Å². The molecule has 1 heterocycles. The number of pyridine rings is 1. The molecule has 1 amide bonds. The van der Waals surface area contributed by atoms with E-state index in [9.17, 15) is 4.79 Å². The molecular formula is C20H17ClN4OS2. The molecule has 0 saturated carbocycles. The molecule has 0 unspecified atom stereocenters. The number of aromatic nitrogens is 1. The molecule has 2 aromatic carbocycles. The highest BCUT2D eigenvalue weighted by Crippen LogP contribution is 2.28. The average Bonchev–Trinajstić information content (AvgIpc) is 2.71. The van der Waals surface area contributed by atoms with Gasteiger partial charge in [-0.3, -0.25) is 9.78 Å². The Hall–Kier alpha value is -2.61. The molecule has 0 atom stereocenters. The number of carbonyl (C=O) groups excluding carboxylic acids is 1. The zero-order chi connectivity index (χ0) is 19.9. The van der Waals surface area contributed by atoms with Crippen LogP contribution in [-0.4, -0.2) is 23.1 Å². The minimum absolute atomic E-state index is 0.205. The summed E-state index contributed by atoms with van der Waals surface area (Å²) in [5.74, 6) is -0.205. The Labute approximate surface area is 177 Å². The van der Waals surface area contributed by atoms with Crippen LogP contribution in [0.4, 0.5) is 11.4 Å². The maximum Gasteiger partial charge on any atom is 0.269 e. The standard InChI is InChI=1S/C20H17ClN4OS2/c1-22-19(26)18-12-17(10-11-23-18)28-16-8-6-15(7-9-16)25-20(27)24-14-4-2-13(21)3-5-14/h2-12H,1H3,(H,22,26)(H2,24,25,27). The van der Waals surface area contributed by atoms with Crippen molar-refractivity contribution in [2.45, 2.75) is 9.79 Å². The lowest BCUT2D eigenvalue weighted by atomic mass is 10.3. The van der Waals surface area contributed by atoms with E-state index >= 15 is 0 Å². The Bertz CT molecular complexity index is 978. The van der Waals surface area contributed by atoms with E-state index in [-0.39, 0.29) is 5.91 Å². The van der Waals surface area contributed by atoms with Gasteiger partial charge in [-0.2, -0.15) is 0 Å². The summed E-state index contributed by atoms with van der Waals surface area (Å²) in [7, 11) is 1.59. The molecule has 0 aliphatic heterocycles. The van der Waals surface area contributed by atoms with Crippen molar-refractivity contribution in [1.29, 1.82) is 0 Å². The van der Waals surface area contributed by atoms with Gasteiger partial charge in [-0.25, -0.2) is 0 Å². The van der Waals surface area contributed by atoms with Crippen LogP contribution in [0, 0.1) is 0 Å². The van der Waals surface area contributed by atoms with E-state index in [0.29, 0.717) is 15.8 Å². The van der Waals surface area contributed by atoms with Gasteiger partial charge < -0.3 is 16.0 Å². The predicted molar refractivity (Wildman–Crippen MR) is 119 cm³/mol. The SMILES string of the molecule is CNC(=O)c1cc(Sc2ccc(NC(=S)Nc3ccc(Cl)cc3)cc2)ccn1. The third-order valence-corrected chi connectivity index (χ3v) is 5.09. The molecule has 0 aliphatic rings. The molecule has 0 saturated heterocycles. The number of carbonyl (C=O) groups is 1. The maximum absolute atomic E-state index is 11.7.